The monoisotopic (exact) mass is 282 g/mol. The predicted molar refractivity (Wildman–Crippen MR) is 71.4 cm³/mol. The van der Waals surface area contributed by atoms with Gasteiger partial charge in [0, 0.05) is 13.2 Å². The Bertz CT molecular complexity index is 217. The number of phosphoric acid groups is 1. The first kappa shape index (κ1) is 18.1. The topological polar surface area (TPSA) is 76.0 Å². The summed E-state index contributed by atoms with van der Waals surface area (Å²) >= 11 is 0. The Morgan fingerprint density at radius 3 is 1.72 bits per heavy atom. The van der Waals surface area contributed by atoms with Crippen molar-refractivity contribution in [1.29, 1.82) is 0 Å². The molecule has 5 nitrogen and oxygen atoms in total. The van der Waals surface area contributed by atoms with Crippen molar-refractivity contribution in [3.8, 4) is 0 Å². The molecule has 0 saturated heterocycles. The molecule has 0 heterocycles. The summed E-state index contributed by atoms with van der Waals surface area (Å²) in [6.45, 7) is 3.84. The van der Waals surface area contributed by atoms with E-state index in [0.717, 1.165) is 38.9 Å². The summed E-state index contributed by atoms with van der Waals surface area (Å²) in [5.74, 6) is 0. The normalized spacial score (nSPS) is 11.9. The van der Waals surface area contributed by atoms with Gasteiger partial charge in [-0.1, -0.05) is 38.5 Å². The lowest BCUT2D eigenvalue weighted by Crippen LogP contribution is -1.93. The van der Waals surface area contributed by atoms with Crippen molar-refractivity contribution in [2.24, 2.45) is 0 Å². The first-order chi connectivity index (χ1) is 8.56. The number of rotatable bonds is 13. The van der Waals surface area contributed by atoms with Crippen LogP contribution in [-0.4, -0.2) is 29.6 Å². The van der Waals surface area contributed by atoms with Gasteiger partial charge in [0.2, 0.25) is 0 Å². The average Bonchev–Trinajstić information content (AvgIpc) is 2.29. The third-order valence-electron chi connectivity index (χ3n) is 2.65. The van der Waals surface area contributed by atoms with Gasteiger partial charge in [0.05, 0.1) is 6.61 Å². The lowest BCUT2D eigenvalue weighted by Gasteiger charge is -2.05. The Morgan fingerprint density at radius 1 is 0.833 bits per heavy atom. The molecule has 0 unspecified atom stereocenters. The largest absolute Gasteiger partial charge is 0.469 e. The molecule has 0 radical (unpaired) electrons. The summed E-state index contributed by atoms with van der Waals surface area (Å²) in [4.78, 5) is 16.9. The molecule has 0 fully saturated rings. The molecule has 6 heteroatoms. The van der Waals surface area contributed by atoms with Crippen molar-refractivity contribution in [3.05, 3.63) is 0 Å². The minimum absolute atomic E-state index is 0.151. The summed E-state index contributed by atoms with van der Waals surface area (Å²) in [5, 5.41) is 0. The van der Waals surface area contributed by atoms with E-state index in [1.54, 1.807) is 0 Å². The Balaban J connectivity index is 3.01. The van der Waals surface area contributed by atoms with Gasteiger partial charge in [-0.3, -0.25) is 4.52 Å². The van der Waals surface area contributed by atoms with Crippen LogP contribution in [0.25, 0.3) is 0 Å². The van der Waals surface area contributed by atoms with Gasteiger partial charge in [-0.05, 0) is 19.8 Å². The molecule has 0 aliphatic heterocycles. The Labute approximate surface area is 110 Å². The Kier molecular flexibility index (Phi) is 12.2. The zero-order chi connectivity index (χ0) is 13.7. The maximum atomic E-state index is 10.4. The maximum Gasteiger partial charge on any atom is 0.469 e. The first-order valence-electron chi connectivity index (χ1n) is 6.84. The van der Waals surface area contributed by atoms with Gasteiger partial charge in [0.15, 0.2) is 0 Å². The molecule has 0 aromatic rings. The Morgan fingerprint density at radius 2 is 1.28 bits per heavy atom. The lowest BCUT2D eigenvalue weighted by molar-refractivity contribution is 0.143. The fourth-order valence-electron chi connectivity index (χ4n) is 1.69. The van der Waals surface area contributed by atoms with Crippen LogP contribution < -0.4 is 0 Å². The zero-order valence-electron chi connectivity index (χ0n) is 11.3. The second-order valence-corrected chi connectivity index (χ2v) is 5.59. The van der Waals surface area contributed by atoms with E-state index >= 15 is 0 Å². The molecule has 0 spiro atoms. The van der Waals surface area contributed by atoms with Gasteiger partial charge in [-0.15, -0.1) is 0 Å². The summed E-state index contributed by atoms with van der Waals surface area (Å²) < 4.78 is 20.0. The summed E-state index contributed by atoms with van der Waals surface area (Å²) in [7, 11) is -4.26. The number of phosphoric ester groups is 1. The van der Waals surface area contributed by atoms with E-state index in [1.165, 1.54) is 25.7 Å². The van der Waals surface area contributed by atoms with Crippen molar-refractivity contribution in [3.63, 3.8) is 0 Å². The second-order valence-electron chi connectivity index (χ2n) is 4.35. The molecular weight excluding hydrogens is 255 g/mol. The second kappa shape index (κ2) is 12.1. The predicted octanol–water partition coefficient (Wildman–Crippen LogP) is 3.25. The van der Waals surface area contributed by atoms with Crippen molar-refractivity contribution < 1.29 is 23.6 Å². The van der Waals surface area contributed by atoms with Crippen LogP contribution in [0.3, 0.4) is 0 Å². The molecule has 110 valence electrons. The van der Waals surface area contributed by atoms with Crippen LogP contribution in [0.4, 0.5) is 0 Å². The standard InChI is InChI=1S/C12H27O5P/c1-2-16-11-9-7-5-3-4-6-8-10-12-17-18(13,14)15/h2-12H2,1H3,(H2,13,14,15). The minimum Gasteiger partial charge on any atom is -0.382 e. The van der Waals surface area contributed by atoms with Crippen LogP contribution in [0, 0.1) is 0 Å². The molecule has 0 aromatic heterocycles. The number of unbranched alkanes of at least 4 members (excludes halogenated alkanes) is 7. The molecule has 0 rings (SSSR count). The number of hydrogen-bond donors (Lipinski definition) is 2. The molecule has 18 heavy (non-hydrogen) atoms. The Hall–Kier alpha value is 0.0700. The average molecular weight is 282 g/mol. The lowest BCUT2D eigenvalue weighted by atomic mass is 10.1. The van der Waals surface area contributed by atoms with E-state index in [0.29, 0.717) is 0 Å². The first-order valence-corrected chi connectivity index (χ1v) is 8.37. The van der Waals surface area contributed by atoms with E-state index in [-0.39, 0.29) is 6.61 Å². The number of ether oxygens (including phenoxy) is 1. The molecule has 0 bridgehead atoms. The van der Waals surface area contributed by atoms with Gasteiger partial charge in [0.25, 0.3) is 0 Å². The molecule has 0 aromatic carbocycles. The van der Waals surface area contributed by atoms with E-state index in [1.807, 2.05) is 6.92 Å². The minimum atomic E-state index is -4.26. The summed E-state index contributed by atoms with van der Waals surface area (Å²) in [6, 6.07) is 0. The van der Waals surface area contributed by atoms with Crippen molar-refractivity contribution >= 4 is 7.82 Å². The molecule has 0 aliphatic rings. The van der Waals surface area contributed by atoms with Gasteiger partial charge < -0.3 is 14.5 Å². The van der Waals surface area contributed by atoms with Crippen LogP contribution in [0.15, 0.2) is 0 Å². The van der Waals surface area contributed by atoms with E-state index in [2.05, 4.69) is 4.52 Å². The van der Waals surface area contributed by atoms with E-state index < -0.39 is 7.82 Å². The van der Waals surface area contributed by atoms with E-state index in [4.69, 9.17) is 14.5 Å². The van der Waals surface area contributed by atoms with Crippen LogP contribution in [0.1, 0.15) is 58.3 Å². The van der Waals surface area contributed by atoms with Gasteiger partial charge in [0.1, 0.15) is 0 Å². The quantitative estimate of drug-likeness (QED) is 0.400. The van der Waals surface area contributed by atoms with Gasteiger partial charge in [-0.2, -0.15) is 0 Å². The van der Waals surface area contributed by atoms with Crippen LogP contribution >= 0.6 is 7.82 Å². The van der Waals surface area contributed by atoms with Crippen LogP contribution in [0.5, 0.6) is 0 Å². The van der Waals surface area contributed by atoms with Gasteiger partial charge in [-0.25, -0.2) is 4.57 Å². The third-order valence-corrected chi connectivity index (χ3v) is 3.17. The fraction of sp³-hybridized carbons (Fsp3) is 1.00. The SMILES string of the molecule is CCOCCCCCCCCCCOP(=O)(O)O. The maximum absolute atomic E-state index is 10.4. The highest BCUT2D eigenvalue weighted by molar-refractivity contribution is 7.46. The zero-order valence-corrected chi connectivity index (χ0v) is 12.2. The molecule has 0 atom stereocenters. The highest BCUT2D eigenvalue weighted by Crippen LogP contribution is 2.35. The molecule has 0 aliphatic carbocycles. The van der Waals surface area contributed by atoms with Crippen molar-refractivity contribution in [2.75, 3.05) is 19.8 Å². The van der Waals surface area contributed by atoms with E-state index in [9.17, 15) is 4.57 Å². The van der Waals surface area contributed by atoms with Crippen LogP contribution in [0.2, 0.25) is 0 Å². The molecule has 2 N–H and O–H groups in total. The molecular formula is C12H27O5P. The third kappa shape index (κ3) is 16.1. The highest BCUT2D eigenvalue weighted by atomic mass is 31.2. The molecule has 0 saturated carbocycles. The van der Waals surface area contributed by atoms with Crippen molar-refractivity contribution in [2.45, 2.75) is 58.3 Å². The fourth-order valence-corrected chi connectivity index (χ4v) is 2.06. The van der Waals surface area contributed by atoms with Gasteiger partial charge >= 0.3 is 7.82 Å². The molecule has 0 amide bonds. The summed E-state index contributed by atoms with van der Waals surface area (Å²) in [6.07, 6.45) is 8.82. The van der Waals surface area contributed by atoms with Crippen molar-refractivity contribution in [1.82, 2.24) is 0 Å². The summed E-state index contributed by atoms with van der Waals surface area (Å²) in [5.41, 5.74) is 0. The number of hydrogen-bond acceptors (Lipinski definition) is 3. The van der Waals surface area contributed by atoms with Crippen LogP contribution in [-0.2, 0) is 13.8 Å². The highest BCUT2D eigenvalue weighted by Gasteiger charge is 2.12. The smallest absolute Gasteiger partial charge is 0.382 e.